The van der Waals surface area contributed by atoms with Crippen molar-refractivity contribution in [3.05, 3.63) is 13.8 Å². The summed E-state index contributed by atoms with van der Waals surface area (Å²) >= 11 is 0.750. The molecule has 0 amide bonds. The normalized spacial score (nSPS) is 8.70. The second kappa shape index (κ2) is 31.7. The fourth-order valence-corrected chi connectivity index (χ4v) is 0. The molecule has 0 aliphatic rings. The quantitative estimate of drug-likeness (QED) is 0.593. The third-order valence-corrected chi connectivity index (χ3v) is 0.730. The van der Waals surface area contributed by atoms with E-state index < -0.39 is 0 Å². The van der Waals surface area contributed by atoms with Crippen LogP contribution in [0.1, 0.15) is 55.4 Å². The van der Waals surface area contributed by atoms with Gasteiger partial charge in [-0.3, -0.25) is 0 Å². The molecule has 0 saturated carbocycles. The molecular weight excluding hydrogens is 288 g/mol. The number of aliphatic hydroxyl groups is 2. The molecule has 0 aromatic carbocycles. The van der Waals surface area contributed by atoms with Crippen LogP contribution in [-0.4, -0.2) is 23.4 Å². The van der Waals surface area contributed by atoms with Crippen LogP contribution < -0.4 is 0 Å². The Morgan fingerprint density at radius 2 is 0.750 bits per heavy atom. The Balaban J connectivity index is -0.0000000482. The first kappa shape index (κ1) is 32.4. The van der Waals surface area contributed by atoms with E-state index in [2.05, 4.69) is 41.5 Å². The molecule has 0 aliphatic heterocycles. The van der Waals surface area contributed by atoms with Gasteiger partial charge in [-0.1, -0.05) is 55.4 Å². The Hall–Kier alpha value is 0.434. The van der Waals surface area contributed by atoms with Gasteiger partial charge in [-0.05, 0) is 11.8 Å². The van der Waals surface area contributed by atoms with Crippen molar-refractivity contribution in [1.82, 2.24) is 0 Å². The third kappa shape index (κ3) is 285. The summed E-state index contributed by atoms with van der Waals surface area (Å²) in [6, 6.07) is 0. The molecule has 0 radical (unpaired) electrons. The van der Waals surface area contributed by atoms with E-state index >= 15 is 0 Å². The summed E-state index contributed by atoms with van der Waals surface area (Å²) in [5.41, 5.74) is 0. The molecule has 4 heteroatoms. The van der Waals surface area contributed by atoms with Crippen molar-refractivity contribution in [2.45, 2.75) is 55.4 Å². The van der Waals surface area contributed by atoms with Crippen LogP contribution >= 0.6 is 0 Å². The van der Waals surface area contributed by atoms with Gasteiger partial charge in [-0.15, -0.1) is 0 Å². The average Bonchev–Trinajstić information content (AvgIpc) is 2.30. The zero-order valence-electron chi connectivity index (χ0n) is 14.9. The fraction of sp³-hybridized carbons (Fsp3) is 0.875. The van der Waals surface area contributed by atoms with Crippen LogP contribution in [0.25, 0.3) is 0 Å². The molecule has 0 aromatic heterocycles. The van der Waals surface area contributed by atoms with Crippen LogP contribution in [0.4, 0.5) is 0 Å². The van der Waals surface area contributed by atoms with E-state index in [1.165, 1.54) is 0 Å². The molecular formula is C16H38O3Ti. The molecule has 0 rings (SSSR count). The summed E-state index contributed by atoms with van der Waals surface area (Å²) in [5.74, 6) is 2.05. The minimum absolute atomic E-state index is 0.306. The predicted molar refractivity (Wildman–Crippen MR) is 84.9 cm³/mol. The summed E-state index contributed by atoms with van der Waals surface area (Å²) in [5, 5.41) is 16.3. The fourth-order valence-electron chi connectivity index (χ4n) is 0. The van der Waals surface area contributed by atoms with E-state index in [1.807, 2.05) is 27.7 Å². The number of aliphatic hydroxyl groups excluding tert-OH is 2. The van der Waals surface area contributed by atoms with Crippen molar-refractivity contribution in [2.75, 3.05) is 13.2 Å². The Labute approximate surface area is 140 Å². The maximum absolute atomic E-state index is 8.25. The van der Waals surface area contributed by atoms with Crippen molar-refractivity contribution in [3.8, 4) is 0 Å². The van der Waals surface area contributed by atoms with E-state index in [0.717, 1.165) is 20.4 Å². The molecule has 0 bridgehead atoms. The molecule has 0 fully saturated rings. The summed E-state index contributed by atoms with van der Waals surface area (Å²) in [7, 11) is 0. The first-order chi connectivity index (χ1) is 9.00. The Bertz CT molecular complexity index is 107. The van der Waals surface area contributed by atoms with Gasteiger partial charge in [0.15, 0.2) is 0 Å². The first-order valence-electron chi connectivity index (χ1n) is 7.09. The van der Waals surface area contributed by atoms with Gasteiger partial charge in [0, 0.05) is 13.2 Å². The minimum atomic E-state index is 0.306. The molecule has 124 valence electrons. The summed E-state index contributed by atoms with van der Waals surface area (Å²) in [6.07, 6.45) is 0. The van der Waals surface area contributed by atoms with Crippen molar-refractivity contribution in [3.63, 3.8) is 0 Å². The topological polar surface area (TPSA) is 57.5 Å². The van der Waals surface area contributed by atoms with Crippen LogP contribution in [0.3, 0.4) is 0 Å². The van der Waals surface area contributed by atoms with E-state index in [4.69, 9.17) is 13.5 Å². The van der Waals surface area contributed by atoms with Gasteiger partial charge in [0.05, 0.1) is 0 Å². The van der Waals surface area contributed by atoms with Gasteiger partial charge < -0.3 is 24.1 Å². The summed E-state index contributed by atoms with van der Waals surface area (Å²) < 4.78 is 8.25. The second-order valence-electron chi connectivity index (χ2n) is 5.94. The molecule has 0 saturated heterocycles. The number of rotatable bonds is 2. The zero-order valence-corrected chi connectivity index (χ0v) is 16.5. The molecule has 0 unspecified atom stereocenters. The van der Waals surface area contributed by atoms with Gasteiger partial charge in [0.2, 0.25) is 0 Å². The molecule has 0 aromatic rings. The first-order valence-corrected chi connectivity index (χ1v) is 7.73. The van der Waals surface area contributed by atoms with Gasteiger partial charge in [0.1, 0.15) is 0 Å². The van der Waals surface area contributed by atoms with Gasteiger partial charge >= 0.3 is 23.7 Å². The molecule has 0 spiro atoms. The predicted octanol–water partition coefficient (Wildman–Crippen LogP) is 4.10. The average molecular weight is 326 g/mol. The van der Waals surface area contributed by atoms with Crippen molar-refractivity contribution < 1.29 is 33.9 Å². The summed E-state index contributed by atoms with van der Waals surface area (Å²) in [4.78, 5) is 0. The van der Waals surface area contributed by atoms with Crippen LogP contribution in [0, 0.1) is 37.5 Å². The van der Waals surface area contributed by atoms with E-state index in [1.54, 1.807) is 0 Å². The molecule has 20 heavy (non-hydrogen) atoms. The molecule has 2 N–H and O–H groups in total. The molecule has 0 aliphatic carbocycles. The Morgan fingerprint density at radius 1 is 0.700 bits per heavy atom. The van der Waals surface area contributed by atoms with E-state index in [-0.39, 0.29) is 0 Å². The van der Waals surface area contributed by atoms with E-state index in [9.17, 15) is 0 Å². The molecule has 3 nitrogen and oxygen atoms in total. The molecule has 0 atom stereocenters. The Morgan fingerprint density at radius 3 is 0.750 bits per heavy atom. The van der Waals surface area contributed by atoms with Crippen LogP contribution in [0.5, 0.6) is 0 Å². The monoisotopic (exact) mass is 326 g/mol. The maximum atomic E-state index is 8.25. The van der Waals surface area contributed by atoms with Crippen molar-refractivity contribution in [1.29, 1.82) is 0 Å². The van der Waals surface area contributed by atoms with E-state index in [0.29, 0.717) is 36.9 Å². The van der Waals surface area contributed by atoms with Gasteiger partial charge in [-0.2, -0.15) is 11.8 Å². The standard InChI is InChI=1S/2C4H10O.2C4H9.O.Ti/c2*1-4(2)3-5;2*1-4(2)3;;/h2*4-5H,3H2,1-2H3;2*4H,1H2,2-3H3;;/q;;2*-1;;+2. The van der Waals surface area contributed by atoms with Crippen LogP contribution in [0.15, 0.2) is 0 Å². The molecule has 0 heterocycles. The van der Waals surface area contributed by atoms with Gasteiger partial charge in [-0.25, -0.2) is 0 Å². The second-order valence-corrected chi connectivity index (χ2v) is 5.94. The van der Waals surface area contributed by atoms with Crippen molar-refractivity contribution >= 4 is 0 Å². The van der Waals surface area contributed by atoms with Crippen LogP contribution in [-0.2, 0) is 23.7 Å². The summed E-state index contributed by atoms with van der Waals surface area (Å²) in [6.45, 7) is 24.0. The third-order valence-electron chi connectivity index (χ3n) is 0.730. The van der Waals surface area contributed by atoms with Crippen LogP contribution in [0.2, 0.25) is 0 Å². The van der Waals surface area contributed by atoms with Crippen molar-refractivity contribution in [2.24, 2.45) is 23.7 Å². The number of hydrogen-bond acceptors (Lipinski definition) is 3. The zero-order chi connectivity index (χ0) is 17.7. The van der Waals surface area contributed by atoms with Gasteiger partial charge in [0.25, 0.3) is 0 Å². The SMILES string of the molecule is CC(C)CO.CC(C)CO.[CH2-]C(C)C.[CH2-]C(C)C.[O]=[Ti+2]. The Kier molecular flexibility index (Phi) is 51.3. The number of hydrogen-bond donors (Lipinski definition) is 2.